The van der Waals surface area contributed by atoms with Gasteiger partial charge in [0.25, 0.3) is 0 Å². The third kappa shape index (κ3) is 3.41. The van der Waals surface area contributed by atoms with Crippen LogP contribution < -0.4 is 9.79 Å². The molecule has 0 bridgehead atoms. The largest absolute Gasteiger partial charge is 0.810 e. The minimum atomic E-state index is -4.63. The Morgan fingerprint density at radius 1 is 1.29 bits per heavy atom. The monoisotopic (exact) mass is 271 g/mol. The van der Waals surface area contributed by atoms with Crippen molar-refractivity contribution in [1.29, 1.82) is 0 Å². The molecule has 0 radical (unpaired) electrons. The average Bonchev–Trinajstić information content (AvgIpc) is 2.64. The van der Waals surface area contributed by atoms with Crippen molar-refractivity contribution >= 4 is 19.2 Å². The van der Waals surface area contributed by atoms with Gasteiger partial charge < -0.3 is 18.9 Å². The molecule has 0 fully saturated rings. The second-order valence-corrected chi connectivity index (χ2v) is 5.43. The van der Waals surface area contributed by atoms with Gasteiger partial charge >= 0.3 is 0 Å². The van der Waals surface area contributed by atoms with E-state index < -0.39 is 13.8 Å². The Balaban J connectivity index is 2.24. The summed E-state index contributed by atoms with van der Waals surface area (Å²) in [6.45, 7) is 0. The predicted octanol–water partition coefficient (Wildman–Crippen LogP) is 1.41. The molecule has 1 heterocycles. The molecule has 17 heavy (non-hydrogen) atoms. The number of hydrogen-bond acceptors (Lipinski definition) is 5. The lowest BCUT2D eigenvalue weighted by atomic mass is 10.1. The number of benzene rings is 1. The molecule has 2 rings (SSSR count). The lowest BCUT2D eigenvalue weighted by Crippen LogP contribution is -2.15. The zero-order valence-electron chi connectivity index (χ0n) is 8.50. The van der Waals surface area contributed by atoms with E-state index in [9.17, 15) is 14.4 Å². The molecule has 90 valence electrons. The highest BCUT2D eigenvalue weighted by atomic mass is 35.5. The van der Waals surface area contributed by atoms with E-state index in [0.29, 0.717) is 10.7 Å². The molecule has 0 atom stereocenters. The Morgan fingerprint density at radius 2 is 1.94 bits per heavy atom. The fraction of sp³-hybridized carbons (Fsp3) is 0.100. The Hall–Kier alpha value is -1.13. The van der Waals surface area contributed by atoms with Gasteiger partial charge in [0.1, 0.15) is 11.5 Å². The molecule has 5 nitrogen and oxygen atoms in total. The second kappa shape index (κ2) is 4.63. The summed E-state index contributed by atoms with van der Waals surface area (Å²) in [5.41, 5.74) is 1.20. The number of nitrogens with zero attached hydrogens (tertiary/aromatic N) is 1. The Kier molecular flexibility index (Phi) is 3.35. The quantitative estimate of drug-likeness (QED) is 0.787. The topological polar surface area (TPSA) is 89.2 Å². The van der Waals surface area contributed by atoms with Gasteiger partial charge in [0, 0.05) is 22.8 Å². The number of halogens is 1. The molecule has 0 saturated carbocycles. The molecule has 0 aliphatic rings. The lowest BCUT2D eigenvalue weighted by molar-refractivity contribution is -0.314. The first kappa shape index (κ1) is 12.3. The minimum absolute atomic E-state index is 0.0308. The molecule has 2 aromatic rings. The Morgan fingerprint density at radius 3 is 2.53 bits per heavy atom. The van der Waals surface area contributed by atoms with Gasteiger partial charge in [-0.3, -0.25) is 0 Å². The van der Waals surface area contributed by atoms with Crippen molar-refractivity contribution in [3.8, 4) is 11.3 Å². The fourth-order valence-corrected chi connectivity index (χ4v) is 1.99. The van der Waals surface area contributed by atoms with Gasteiger partial charge in [-0.25, -0.2) is 0 Å². The van der Waals surface area contributed by atoms with Crippen LogP contribution in [-0.4, -0.2) is 5.16 Å². The molecule has 0 saturated heterocycles. The van der Waals surface area contributed by atoms with Gasteiger partial charge in [-0.05, 0) is 12.1 Å². The van der Waals surface area contributed by atoms with Gasteiger partial charge in [-0.2, -0.15) is 0 Å². The van der Waals surface area contributed by atoms with Crippen molar-refractivity contribution in [1.82, 2.24) is 5.16 Å². The van der Waals surface area contributed by atoms with E-state index in [1.807, 2.05) is 0 Å². The van der Waals surface area contributed by atoms with E-state index in [2.05, 4.69) is 5.16 Å². The molecule has 1 aromatic heterocycles. The number of hydrogen-bond donors (Lipinski definition) is 0. The zero-order chi connectivity index (χ0) is 12.5. The van der Waals surface area contributed by atoms with Crippen molar-refractivity contribution < 1.29 is 18.9 Å². The highest BCUT2D eigenvalue weighted by Crippen LogP contribution is 2.31. The van der Waals surface area contributed by atoms with Crippen LogP contribution in [0.3, 0.4) is 0 Å². The van der Waals surface area contributed by atoms with Gasteiger partial charge in [-0.1, -0.05) is 36.5 Å². The van der Waals surface area contributed by atoms with Gasteiger partial charge in [0.2, 0.25) is 0 Å². The summed E-state index contributed by atoms with van der Waals surface area (Å²) in [6.07, 6.45) is -0.673. The maximum absolute atomic E-state index is 10.6. The first-order valence-corrected chi connectivity index (χ1v) is 6.77. The van der Waals surface area contributed by atoms with Gasteiger partial charge in [0.05, 0.1) is 0 Å². The zero-order valence-corrected chi connectivity index (χ0v) is 10.1. The molecular weight excluding hydrogens is 265 g/mol. The van der Waals surface area contributed by atoms with Crippen LogP contribution >= 0.6 is 19.2 Å². The summed E-state index contributed by atoms with van der Waals surface area (Å²) in [4.78, 5) is 21.1. The average molecular weight is 272 g/mol. The molecule has 0 amide bonds. The van der Waals surface area contributed by atoms with E-state index in [4.69, 9.17) is 16.1 Å². The molecule has 0 N–H and O–H groups in total. The SMILES string of the molecule is O=P([O-])([O-])Cc1cc(-c2ccc(Cl)cc2)no1. The smallest absolute Gasteiger partial charge is 0.142 e. The highest BCUT2D eigenvalue weighted by molar-refractivity contribution is 7.47. The third-order valence-electron chi connectivity index (χ3n) is 2.05. The van der Waals surface area contributed by atoms with Crippen LogP contribution in [0.5, 0.6) is 0 Å². The summed E-state index contributed by atoms with van der Waals surface area (Å²) < 4.78 is 15.3. The molecule has 1 aromatic carbocycles. The van der Waals surface area contributed by atoms with Crippen molar-refractivity contribution in [3.05, 3.63) is 41.1 Å². The van der Waals surface area contributed by atoms with Gasteiger partial charge in [0.15, 0.2) is 0 Å². The van der Waals surface area contributed by atoms with Crippen LogP contribution in [0.25, 0.3) is 11.3 Å². The van der Waals surface area contributed by atoms with Crippen LogP contribution in [-0.2, 0) is 10.7 Å². The maximum atomic E-state index is 10.6. The Bertz CT molecular complexity index is 560. The van der Waals surface area contributed by atoms with Crippen molar-refractivity contribution in [3.63, 3.8) is 0 Å². The van der Waals surface area contributed by atoms with Crippen LogP contribution in [0, 0.1) is 0 Å². The summed E-state index contributed by atoms with van der Waals surface area (Å²) >= 11 is 5.73. The first-order valence-electron chi connectivity index (χ1n) is 4.67. The molecule has 0 spiro atoms. The van der Waals surface area contributed by atoms with Crippen molar-refractivity contribution in [2.75, 3.05) is 0 Å². The highest BCUT2D eigenvalue weighted by Gasteiger charge is 2.07. The minimum Gasteiger partial charge on any atom is -0.810 e. The van der Waals surface area contributed by atoms with E-state index >= 15 is 0 Å². The number of rotatable bonds is 3. The van der Waals surface area contributed by atoms with Crippen LogP contribution in [0.4, 0.5) is 0 Å². The number of aromatic nitrogens is 1. The van der Waals surface area contributed by atoms with Crippen LogP contribution in [0.15, 0.2) is 34.9 Å². The van der Waals surface area contributed by atoms with E-state index in [0.717, 1.165) is 5.56 Å². The molecule has 0 aliphatic heterocycles. The standard InChI is InChI=1S/C10H9ClNO4P/c11-8-3-1-7(2-4-8)10-5-9(16-12-10)6-17(13,14)15/h1-5H,6H2,(H2,13,14,15)/p-2. The first-order chi connectivity index (χ1) is 7.94. The predicted molar refractivity (Wildman–Crippen MR) is 58.3 cm³/mol. The molecule has 0 aliphatic carbocycles. The van der Waals surface area contributed by atoms with Crippen molar-refractivity contribution in [2.45, 2.75) is 6.16 Å². The lowest BCUT2D eigenvalue weighted by Gasteiger charge is -2.27. The summed E-state index contributed by atoms with van der Waals surface area (Å²) in [6, 6.07) is 8.22. The third-order valence-corrected chi connectivity index (χ3v) is 3.00. The summed E-state index contributed by atoms with van der Waals surface area (Å²) in [7, 11) is -4.63. The second-order valence-electron chi connectivity index (χ2n) is 3.45. The van der Waals surface area contributed by atoms with E-state index in [1.165, 1.54) is 6.07 Å². The molecule has 7 heteroatoms. The summed E-state index contributed by atoms with van der Waals surface area (Å²) in [5, 5.41) is 4.27. The van der Waals surface area contributed by atoms with E-state index in [-0.39, 0.29) is 5.76 Å². The van der Waals surface area contributed by atoms with Crippen molar-refractivity contribution in [2.24, 2.45) is 0 Å². The molecular formula is C10H7ClNO4P-2. The fourth-order valence-electron chi connectivity index (χ4n) is 1.34. The maximum Gasteiger partial charge on any atom is 0.142 e. The molecule has 0 unspecified atom stereocenters. The van der Waals surface area contributed by atoms with Gasteiger partial charge in [-0.15, -0.1) is 0 Å². The summed E-state index contributed by atoms with van der Waals surface area (Å²) in [5.74, 6) is 0.0308. The normalized spacial score (nSPS) is 11.7. The Labute approximate surface area is 102 Å². The van der Waals surface area contributed by atoms with Crippen LogP contribution in [0.2, 0.25) is 5.02 Å². The van der Waals surface area contributed by atoms with E-state index in [1.54, 1.807) is 24.3 Å². The van der Waals surface area contributed by atoms with Crippen LogP contribution in [0.1, 0.15) is 5.76 Å².